The van der Waals surface area contributed by atoms with Crippen LogP contribution in [-0.4, -0.2) is 37.6 Å². The van der Waals surface area contributed by atoms with Gasteiger partial charge < -0.3 is 4.90 Å². The van der Waals surface area contributed by atoms with Crippen LogP contribution in [-0.2, 0) is 10.0 Å². The molecule has 0 spiro atoms. The molecular formula is C13H15ClN2O2S. The van der Waals surface area contributed by atoms with Crippen molar-refractivity contribution in [3.8, 4) is 0 Å². The summed E-state index contributed by atoms with van der Waals surface area (Å²) in [6.07, 6.45) is 3.35. The van der Waals surface area contributed by atoms with Gasteiger partial charge in [0, 0.05) is 24.0 Å². The summed E-state index contributed by atoms with van der Waals surface area (Å²) in [5, 5.41) is 0. The molecule has 0 N–H and O–H groups in total. The molecule has 2 aliphatic rings. The molecule has 0 atom stereocenters. The molecule has 102 valence electrons. The Morgan fingerprint density at radius 1 is 1.32 bits per heavy atom. The molecule has 0 unspecified atom stereocenters. The Morgan fingerprint density at radius 3 is 2.68 bits per heavy atom. The molecule has 4 nitrogen and oxygen atoms in total. The molecule has 0 saturated heterocycles. The van der Waals surface area contributed by atoms with Gasteiger partial charge in [0.15, 0.2) is 5.84 Å². The summed E-state index contributed by atoms with van der Waals surface area (Å²) in [6.45, 7) is 0.634. The zero-order chi connectivity index (χ0) is 13.5. The highest BCUT2D eigenvalue weighted by Crippen LogP contribution is 2.32. The summed E-state index contributed by atoms with van der Waals surface area (Å²) in [5.74, 6) is 1.04. The molecule has 0 amide bonds. The predicted molar refractivity (Wildman–Crippen MR) is 75.2 cm³/mol. The Kier molecular flexibility index (Phi) is 3.27. The summed E-state index contributed by atoms with van der Waals surface area (Å²) >= 11 is 5.85. The minimum Gasteiger partial charge on any atom is -0.351 e. The standard InChI is InChI=1S/C13H15ClN2O2S/c14-8-9-16(10-4-3-5-10)13-11-6-1-2-7-12(11)19(17,18)15-13/h1-2,6-7,10H,3-5,8-9H2. The first-order valence-corrected chi connectivity index (χ1v) is 8.38. The van der Waals surface area contributed by atoms with Gasteiger partial charge in [-0.3, -0.25) is 0 Å². The van der Waals surface area contributed by atoms with E-state index in [4.69, 9.17) is 11.6 Å². The van der Waals surface area contributed by atoms with Gasteiger partial charge in [-0.15, -0.1) is 16.0 Å². The van der Waals surface area contributed by atoms with E-state index in [9.17, 15) is 8.42 Å². The third-order valence-electron chi connectivity index (χ3n) is 3.73. The highest BCUT2D eigenvalue weighted by Gasteiger charge is 2.35. The van der Waals surface area contributed by atoms with Crippen LogP contribution < -0.4 is 0 Å². The number of sulfonamides is 1. The number of alkyl halides is 1. The molecule has 0 radical (unpaired) electrons. The van der Waals surface area contributed by atoms with E-state index in [1.54, 1.807) is 12.1 Å². The Bertz CT molecular complexity index is 623. The van der Waals surface area contributed by atoms with Gasteiger partial charge >= 0.3 is 0 Å². The fourth-order valence-corrected chi connectivity index (χ4v) is 3.95. The highest BCUT2D eigenvalue weighted by molar-refractivity contribution is 7.90. The number of amidine groups is 1. The number of hydrogen-bond acceptors (Lipinski definition) is 3. The molecule has 1 aliphatic carbocycles. The maximum atomic E-state index is 12.1. The average molecular weight is 299 g/mol. The van der Waals surface area contributed by atoms with Gasteiger partial charge in [0.25, 0.3) is 10.0 Å². The van der Waals surface area contributed by atoms with E-state index in [-0.39, 0.29) is 0 Å². The third-order valence-corrected chi connectivity index (χ3v) is 5.22. The summed E-state index contributed by atoms with van der Waals surface area (Å²) < 4.78 is 28.1. The van der Waals surface area contributed by atoms with Crippen molar-refractivity contribution >= 4 is 27.5 Å². The van der Waals surface area contributed by atoms with Crippen molar-refractivity contribution in [2.75, 3.05) is 12.4 Å². The maximum absolute atomic E-state index is 12.1. The van der Waals surface area contributed by atoms with Gasteiger partial charge in [-0.25, -0.2) is 0 Å². The lowest BCUT2D eigenvalue weighted by Gasteiger charge is -2.38. The molecule has 19 heavy (non-hydrogen) atoms. The van der Waals surface area contributed by atoms with Crippen LogP contribution >= 0.6 is 11.6 Å². The van der Waals surface area contributed by atoms with E-state index >= 15 is 0 Å². The van der Waals surface area contributed by atoms with E-state index in [0.29, 0.717) is 34.8 Å². The SMILES string of the molecule is O=S1(=O)N=C(N(CCCl)C2CCC2)c2ccccc21. The zero-order valence-electron chi connectivity index (χ0n) is 10.4. The Balaban J connectivity index is 2.04. The summed E-state index contributed by atoms with van der Waals surface area (Å²) in [5.41, 5.74) is 0.708. The molecule has 3 rings (SSSR count). The van der Waals surface area contributed by atoms with Crippen molar-refractivity contribution in [1.29, 1.82) is 0 Å². The van der Waals surface area contributed by atoms with Crippen molar-refractivity contribution in [2.45, 2.75) is 30.2 Å². The molecule has 6 heteroatoms. The van der Waals surface area contributed by atoms with E-state index in [2.05, 4.69) is 9.30 Å². The van der Waals surface area contributed by atoms with Crippen molar-refractivity contribution in [1.82, 2.24) is 4.90 Å². The lowest BCUT2D eigenvalue weighted by Crippen LogP contribution is -2.45. The molecular weight excluding hydrogens is 284 g/mol. The van der Waals surface area contributed by atoms with Gasteiger partial charge in [0.05, 0.1) is 0 Å². The normalized spacial score (nSPS) is 20.6. The van der Waals surface area contributed by atoms with Crippen LogP contribution in [0.25, 0.3) is 0 Å². The molecule has 1 aromatic carbocycles. The molecule has 1 aromatic rings. The minimum atomic E-state index is -3.53. The molecule has 1 saturated carbocycles. The van der Waals surface area contributed by atoms with Crippen molar-refractivity contribution in [3.63, 3.8) is 0 Å². The topological polar surface area (TPSA) is 49.7 Å². The second-order valence-corrected chi connectivity index (χ2v) is 6.80. The van der Waals surface area contributed by atoms with Gasteiger partial charge in [0.1, 0.15) is 4.90 Å². The fourth-order valence-electron chi connectivity index (χ4n) is 2.55. The van der Waals surface area contributed by atoms with Gasteiger partial charge in [-0.1, -0.05) is 12.1 Å². The molecule has 1 heterocycles. The number of fused-ring (bicyclic) bond motifs is 1. The van der Waals surface area contributed by atoms with Crippen molar-refractivity contribution < 1.29 is 8.42 Å². The fraction of sp³-hybridized carbons (Fsp3) is 0.462. The summed E-state index contributed by atoms with van der Waals surface area (Å²) in [7, 11) is -3.53. The van der Waals surface area contributed by atoms with Crippen LogP contribution in [0.15, 0.2) is 33.6 Å². The number of rotatable bonds is 3. The highest BCUT2D eigenvalue weighted by atomic mass is 35.5. The first-order chi connectivity index (χ1) is 9.13. The van der Waals surface area contributed by atoms with Crippen molar-refractivity contribution in [3.05, 3.63) is 29.8 Å². The molecule has 0 aromatic heterocycles. The van der Waals surface area contributed by atoms with E-state index in [1.807, 2.05) is 12.1 Å². The summed E-state index contributed by atoms with van der Waals surface area (Å²) in [6, 6.07) is 7.37. The number of hydrogen-bond donors (Lipinski definition) is 0. The van der Waals surface area contributed by atoms with Crippen LogP contribution in [0.4, 0.5) is 0 Å². The Hall–Kier alpha value is -1.07. The Morgan fingerprint density at radius 2 is 2.05 bits per heavy atom. The number of halogens is 1. The van der Waals surface area contributed by atoms with Crippen LogP contribution in [0.2, 0.25) is 0 Å². The lowest BCUT2D eigenvalue weighted by atomic mass is 9.91. The van der Waals surface area contributed by atoms with Crippen LogP contribution in [0, 0.1) is 0 Å². The number of benzene rings is 1. The largest absolute Gasteiger partial charge is 0.351 e. The second-order valence-electron chi connectivity index (χ2n) is 4.85. The predicted octanol–water partition coefficient (Wildman–Crippen LogP) is 2.23. The maximum Gasteiger partial charge on any atom is 0.285 e. The van der Waals surface area contributed by atoms with E-state index < -0.39 is 10.0 Å². The smallest absolute Gasteiger partial charge is 0.285 e. The first-order valence-electron chi connectivity index (χ1n) is 6.40. The first kappa shape index (κ1) is 12.9. The Labute approximate surface area is 118 Å². The molecule has 1 aliphatic heterocycles. The summed E-state index contributed by atoms with van der Waals surface area (Å²) in [4.78, 5) is 2.36. The second kappa shape index (κ2) is 4.80. The quantitative estimate of drug-likeness (QED) is 0.804. The lowest BCUT2D eigenvalue weighted by molar-refractivity contribution is 0.218. The molecule has 0 bridgehead atoms. The monoisotopic (exact) mass is 298 g/mol. The average Bonchev–Trinajstić information content (AvgIpc) is 2.60. The third kappa shape index (κ3) is 2.15. The van der Waals surface area contributed by atoms with Crippen LogP contribution in [0.1, 0.15) is 24.8 Å². The van der Waals surface area contributed by atoms with Gasteiger partial charge in [0.2, 0.25) is 0 Å². The number of nitrogens with zero attached hydrogens (tertiary/aromatic N) is 2. The van der Waals surface area contributed by atoms with Gasteiger partial charge in [-0.05, 0) is 31.4 Å². The van der Waals surface area contributed by atoms with Gasteiger partial charge in [-0.2, -0.15) is 8.42 Å². The van der Waals surface area contributed by atoms with Crippen LogP contribution in [0.5, 0.6) is 0 Å². The van der Waals surface area contributed by atoms with Crippen LogP contribution in [0.3, 0.4) is 0 Å². The van der Waals surface area contributed by atoms with Crippen molar-refractivity contribution in [2.24, 2.45) is 4.40 Å². The van der Waals surface area contributed by atoms with E-state index in [1.165, 1.54) is 6.42 Å². The molecule has 1 fully saturated rings. The zero-order valence-corrected chi connectivity index (χ0v) is 12.0. The minimum absolute atomic E-state index is 0.309. The van der Waals surface area contributed by atoms with E-state index in [0.717, 1.165) is 12.8 Å².